The topological polar surface area (TPSA) is 9.23 Å². The Morgan fingerprint density at radius 3 is 2.28 bits per heavy atom. The summed E-state index contributed by atoms with van der Waals surface area (Å²) in [6.07, 6.45) is -2.05. The molecule has 0 radical (unpaired) electrons. The van der Waals surface area contributed by atoms with E-state index >= 15 is 0 Å². The molecule has 0 N–H and O–H groups in total. The molecule has 0 fully saturated rings. The Bertz CT molecular complexity index is 373. The van der Waals surface area contributed by atoms with Gasteiger partial charge in [-0.2, -0.15) is 0 Å². The fraction of sp³-hybridized carbons (Fsp3) is 0.538. The van der Waals surface area contributed by atoms with E-state index in [2.05, 4.69) is 0 Å². The molecule has 0 heterocycles. The molecule has 1 unspecified atom stereocenters. The van der Waals surface area contributed by atoms with Crippen molar-refractivity contribution >= 4 is 11.6 Å². The Morgan fingerprint density at radius 2 is 1.78 bits per heavy atom. The summed E-state index contributed by atoms with van der Waals surface area (Å²) >= 11 is 6.19. The average molecular weight is 281 g/mol. The highest BCUT2D eigenvalue weighted by Crippen LogP contribution is 2.30. The molecule has 0 aromatic heterocycles. The molecule has 0 spiro atoms. The maximum atomic E-state index is 13.1. The van der Waals surface area contributed by atoms with Gasteiger partial charge in [0.2, 0.25) is 0 Å². The molecule has 1 aromatic rings. The number of hydrogen-bond acceptors (Lipinski definition) is 1. The van der Waals surface area contributed by atoms with Gasteiger partial charge in [0.15, 0.2) is 0 Å². The monoisotopic (exact) mass is 280 g/mol. The molecule has 0 aliphatic rings. The van der Waals surface area contributed by atoms with Crippen LogP contribution in [0, 0.1) is 19.7 Å². The van der Waals surface area contributed by atoms with Gasteiger partial charge in [0.1, 0.15) is 12.4 Å². The molecule has 1 nitrogen and oxygen atoms in total. The molecule has 0 aliphatic carbocycles. The van der Waals surface area contributed by atoms with E-state index in [4.69, 9.17) is 16.3 Å². The SMILES string of the molecule is Cc1cc(F)cc(C)c1C(Cl)CCOCC(F)F. The van der Waals surface area contributed by atoms with Crippen LogP contribution in [0.4, 0.5) is 13.2 Å². The quantitative estimate of drug-likeness (QED) is 0.554. The van der Waals surface area contributed by atoms with Gasteiger partial charge in [0, 0.05) is 6.61 Å². The lowest BCUT2D eigenvalue weighted by Crippen LogP contribution is -2.08. The zero-order valence-electron chi connectivity index (χ0n) is 10.4. The third kappa shape index (κ3) is 4.50. The normalized spacial score (nSPS) is 13.1. The van der Waals surface area contributed by atoms with E-state index in [-0.39, 0.29) is 17.8 Å². The van der Waals surface area contributed by atoms with Crippen LogP contribution in [0.1, 0.15) is 28.5 Å². The zero-order chi connectivity index (χ0) is 13.7. The Balaban J connectivity index is 2.59. The van der Waals surface area contributed by atoms with Crippen molar-refractivity contribution < 1.29 is 17.9 Å². The van der Waals surface area contributed by atoms with Crippen LogP contribution in [0.3, 0.4) is 0 Å². The summed E-state index contributed by atoms with van der Waals surface area (Å²) < 4.78 is 41.6. The molecular formula is C13H16ClF3O. The second kappa shape index (κ2) is 7.00. The van der Waals surface area contributed by atoms with Crippen molar-refractivity contribution in [3.63, 3.8) is 0 Å². The Hall–Kier alpha value is -0.740. The van der Waals surface area contributed by atoms with Crippen molar-refractivity contribution in [2.24, 2.45) is 0 Å². The standard InChI is InChI=1S/C13H16ClF3O/c1-8-5-10(15)6-9(2)13(8)11(14)3-4-18-7-12(16)17/h5-6,11-12H,3-4,7H2,1-2H3. The van der Waals surface area contributed by atoms with E-state index in [0.29, 0.717) is 6.42 Å². The van der Waals surface area contributed by atoms with Crippen molar-refractivity contribution in [1.29, 1.82) is 0 Å². The van der Waals surface area contributed by atoms with Crippen molar-refractivity contribution in [2.75, 3.05) is 13.2 Å². The van der Waals surface area contributed by atoms with Gasteiger partial charge in [-0.1, -0.05) is 0 Å². The fourth-order valence-electron chi connectivity index (χ4n) is 1.92. The number of ether oxygens (including phenoxy) is 1. The molecule has 0 bridgehead atoms. The summed E-state index contributed by atoms with van der Waals surface area (Å²) in [5.41, 5.74) is 2.38. The molecule has 102 valence electrons. The summed E-state index contributed by atoms with van der Waals surface area (Å²) in [5, 5.41) is -0.358. The first kappa shape index (κ1) is 15.3. The Labute approximate surface area is 110 Å². The number of rotatable bonds is 6. The number of aryl methyl sites for hydroxylation is 2. The molecule has 0 amide bonds. The smallest absolute Gasteiger partial charge is 0.261 e. The van der Waals surface area contributed by atoms with Crippen LogP contribution in [0.5, 0.6) is 0 Å². The van der Waals surface area contributed by atoms with E-state index in [0.717, 1.165) is 16.7 Å². The van der Waals surface area contributed by atoms with E-state index in [1.54, 1.807) is 13.8 Å². The van der Waals surface area contributed by atoms with E-state index in [9.17, 15) is 13.2 Å². The van der Waals surface area contributed by atoms with Crippen LogP contribution in [-0.4, -0.2) is 19.6 Å². The van der Waals surface area contributed by atoms with E-state index < -0.39 is 13.0 Å². The Morgan fingerprint density at radius 1 is 1.22 bits per heavy atom. The largest absolute Gasteiger partial charge is 0.375 e. The summed E-state index contributed by atoms with van der Waals surface area (Å²) in [7, 11) is 0. The second-order valence-corrected chi connectivity index (χ2v) is 4.70. The highest BCUT2D eigenvalue weighted by molar-refractivity contribution is 6.21. The molecule has 0 saturated carbocycles. The minimum absolute atomic E-state index is 0.161. The summed E-state index contributed by atoms with van der Waals surface area (Å²) in [5.74, 6) is -0.299. The number of alkyl halides is 3. The molecule has 18 heavy (non-hydrogen) atoms. The van der Waals surface area contributed by atoms with Gasteiger partial charge in [-0.05, 0) is 49.1 Å². The van der Waals surface area contributed by atoms with E-state index in [1.165, 1.54) is 12.1 Å². The third-order valence-electron chi connectivity index (χ3n) is 2.63. The minimum Gasteiger partial charge on any atom is -0.375 e. The molecule has 1 rings (SSSR count). The van der Waals surface area contributed by atoms with Gasteiger partial charge in [-0.3, -0.25) is 0 Å². The second-order valence-electron chi connectivity index (χ2n) is 4.18. The number of halogens is 4. The van der Waals surface area contributed by atoms with Crippen LogP contribution in [0.2, 0.25) is 0 Å². The first-order valence-electron chi connectivity index (χ1n) is 5.68. The summed E-state index contributed by atoms with van der Waals surface area (Å²) in [4.78, 5) is 0. The van der Waals surface area contributed by atoms with Crippen LogP contribution >= 0.6 is 11.6 Å². The lowest BCUT2D eigenvalue weighted by Gasteiger charge is -2.16. The predicted octanol–water partition coefficient (Wildman–Crippen LogP) is 4.39. The molecule has 0 saturated heterocycles. The van der Waals surface area contributed by atoms with Gasteiger partial charge in [0.25, 0.3) is 6.43 Å². The molecular weight excluding hydrogens is 265 g/mol. The van der Waals surface area contributed by atoms with Crippen molar-refractivity contribution in [3.8, 4) is 0 Å². The van der Waals surface area contributed by atoms with Crippen molar-refractivity contribution in [1.82, 2.24) is 0 Å². The first-order chi connectivity index (χ1) is 8.41. The van der Waals surface area contributed by atoms with Crippen LogP contribution in [0.25, 0.3) is 0 Å². The summed E-state index contributed by atoms with van der Waals surface area (Å²) in [6, 6.07) is 2.83. The first-order valence-corrected chi connectivity index (χ1v) is 6.12. The third-order valence-corrected chi connectivity index (χ3v) is 3.07. The van der Waals surface area contributed by atoms with Crippen molar-refractivity contribution in [2.45, 2.75) is 32.1 Å². The van der Waals surface area contributed by atoms with Gasteiger partial charge in [0.05, 0.1) is 5.38 Å². The lowest BCUT2D eigenvalue weighted by atomic mass is 9.98. The molecule has 5 heteroatoms. The predicted molar refractivity (Wildman–Crippen MR) is 65.9 cm³/mol. The molecule has 1 aromatic carbocycles. The summed E-state index contributed by atoms with van der Waals surface area (Å²) in [6.45, 7) is 3.14. The van der Waals surface area contributed by atoms with Gasteiger partial charge >= 0.3 is 0 Å². The minimum atomic E-state index is -2.46. The average Bonchev–Trinajstić information content (AvgIpc) is 2.22. The van der Waals surface area contributed by atoms with Gasteiger partial charge < -0.3 is 4.74 Å². The molecule has 0 aliphatic heterocycles. The maximum absolute atomic E-state index is 13.1. The maximum Gasteiger partial charge on any atom is 0.261 e. The zero-order valence-corrected chi connectivity index (χ0v) is 11.1. The van der Waals surface area contributed by atoms with Crippen LogP contribution in [-0.2, 0) is 4.74 Å². The highest BCUT2D eigenvalue weighted by Gasteiger charge is 2.15. The van der Waals surface area contributed by atoms with Crippen LogP contribution in [0.15, 0.2) is 12.1 Å². The van der Waals surface area contributed by atoms with Gasteiger partial charge in [-0.25, -0.2) is 13.2 Å². The highest BCUT2D eigenvalue weighted by atomic mass is 35.5. The lowest BCUT2D eigenvalue weighted by molar-refractivity contribution is 0.0165. The van der Waals surface area contributed by atoms with Gasteiger partial charge in [-0.15, -0.1) is 11.6 Å². The Kier molecular flexibility index (Phi) is 5.96. The number of benzene rings is 1. The van der Waals surface area contributed by atoms with E-state index in [1.807, 2.05) is 0 Å². The molecule has 1 atom stereocenters. The number of hydrogen-bond donors (Lipinski definition) is 0. The fourth-order valence-corrected chi connectivity index (χ4v) is 2.35. The van der Waals surface area contributed by atoms with Crippen LogP contribution < -0.4 is 0 Å². The van der Waals surface area contributed by atoms with Crippen molar-refractivity contribution in [3.05, 3.63) is 34.6 Å².